The minimum Gasteiger partial charge on any atom is -0.496 e. The molecule has 0 saturated carbocycles. The van der Waals surface area contributed by atoms with Crippen LogP contribution in [-0.4, -0.2) is 18.9 Å². The van der Waals surface area contributed by atoms with Gasteiger partial charge in [0.15, 0.2) is 5.76 Å². The second-order valence-electron chi connectivity index (χ2n) is 6.36. The largest absolute Gasteiger partial charge is 0.496 e. The summed E-state index contributed by atoms with van der Waals surface area (Å²) in [6.07, 6.45) is 1.44. The van der Waals surface area contributed by atoms with Gasteiger partial charge in [0, 0.05) is 11.4 Å². The van der Waals surface area contributed by atoms with Crippen molar-refractivity contribution in [1.29, 1.82) is 0 Å². The minimum absolute atomic E-state index is 0.228. The second kappa shape index (κ2) is 7.90. The lowest BCUT2D eigenvalue weighted by Gasteiger charge is -2.11. The van der Waals surface area contributed by atoms with Crippen LogP contribution in [0.15, 0.2) is 83.5 Å². The molecule has 0 unspecified atom stereocenters. The molecule has 3 aromatic carbocycles. The van der Waals surface area contributed by atoms with Crippen molar-refractivity contribution in [1.82, 2.24) is 0 Å². The number of furan rings is 1. The summed E-state index contributed by atoms with van der Waals surface area (Å²) in [6, 6.07) is 21.5. The van der Waals surface area contributed by atoms with Crippen LogP contribution in [0.1, 0.15) is 20.9 Å². The average molecular weight is 386 g/mol. The van der Waals surface area contributed by atoms with Crippen molar-refractivity contribution in [3.63, 3.8) is 0 Å². The maximum atomic E-state index is 12.8. The first-order valence-electron chi connectivity index (χ1n) is 8.97. The van der Waals surface area contributed by atoms with E-state index in [0.717, 1.165) is 10.8 Å². The summed E-state index contributed by atoms with van der Waals surface area (Å²) in [4.78, 5) is 24.8. The number of amides is 2. The van der Waals surface area contributed by atoms with Gasteiger partial charge in [-0.3, -0.25) is 9.59 Å². The van der Waals surface area contributed by atoms with E-state index in [1.165, 1.54) is 13.4 Å². The molecule has 1 aromatic heterocycles. The highest BCUT2D eigenvalue weighted by atomic mass is 16.5. The van der Waals surface area contributed by atoms with Gasteiger partial charge in [0.1, 0.15) is 5.75 Å². The SMILES string of the molecule is COc1cc2ccccc2cc1C(=O)Nc1ccc(NC(=O)c2ccco2)cc1. The fourth-order valence-corrected chi connectivity index (χ4v) is 3.00. The lowest BCUT2D eigenvalue weighted by atomic mass is 10.1. The van der Waals surface area contributed by atoms with Crippen LogP contribution in [0, 0.1) is 0 Å². The molecule has 2 N–H and O–H groups in total. The number of anilines is 2. The summed E-state index contributed by atoms with van der Waals surface area (Å²) in [5.74, 6) is 0.113. The van der Waals surface area contributed by atoms with Crippen molar-refractivity contribution in [2.45, 2.75) is 0 Å². The van der Waals surface area contributed by atoms with Crippen LogP contribution in [0.5, 0.6) is 5.75 Å². The van der Waals surface area contributed by atoms with E-state index in [1.54, 1.807) is 42.5 Å². The Labute approximate surface area is 167 Å². The maximum absolute atomic E-state index is 12.8. The average Bonchev–Trinajstić information content (AvgIpc) is 3.29. The number of carbonyl (C=O) groups is 2. The van der Waals surface area contributed by atoms with E-state index in [-0.39, 0.29) is 17.6 Å². The Morgan fingerprint density at radius 1 is 0.793 bits per heavy atom. The van der Waals surface area contributed by atoms with Gasteiger partial charge in [-0.2, -0.15) is 0 Å². The van der Waals surface area contributed by atoms with Crippen molar-refractivity contribution in [2.75, 3.05) is 17.7 Å². The third-order valence-corrected chi connectivity index (χ3v) is 4.46. The lowest BCUT2D eigenvalue weighted by molar-refractivity contribution is 0.0994. The number of benzene rings is 3. The Bertz CT molecular complexity index is 1170. The van der Waals surface area contributed by atoms with E-state index >= 15 is 0 Å². The fourth-order valence-electron chi connectivity index (χ4n) is 3.00. The van der Waals surface area contributed by atoms with Gasteiger partial charge < -0.3 is 19.8 Å². The highest BCUT2D eigenvalue weighted by Crippen LogP contribution is 2.27. The predicted molar refractivity (Wildman–Crippen MR) is 112 cm³/mol. The molecule has 0 aliphatic carbocycles. The van der Waals surface area contributed by atoms with Crippen molar-refractivity contribution >= 4 is 34.0 Å². The van der Waals surface area contributed by atoms with E-state index in [4.69, 9.17) is 9.15 Å². The summed E-state index contributed by atoms with van der Waals surface area (Å²) < 4.78 is 10.5. The number of methoxy groups -OCH3 is 1. The molecular weight excluding hydrogens is 368 g/mol. The van der Waals surface area contributed by atoms with E-state index in [1.807, 2.05) is 30.3 Å². The topological polar surface area (TPSA) is 80.6 Å². The van der Waals surface area contributed by atoms with Crippen LogP contribution in [0.3, 0.4) is 0 Å². The van der Waals surface area contributed by atoms with Crippen molar-refractivity contribution in [3.05, 3.63) is 90.4 Å². The first kappa shape index (κ1) is 18.3. The molecule has 29 heavy (non-hydrogen) atoms. The Morgan fingerprint density at radius 3 is 2.00 bits per heavy atom. The summed E-state index contributed by atoms with van der Waals surface area (Å²) in [6.45, 7) is 0. The van der Waals surface area contributed by atoms with Crippen LogP contribution < -0.4 is 15.4 Å². The van der Waals surface area contributed by atoms with Gasteiger partial charge >= 0.3 is 0 Å². The van der Waals surface area contributed by atoms with Gasteiger partial charge in [0.2, 0.25) is 0 Å². The molecule has 144 valence electrons. The van der Waals surface area contributed by atoms with E-state index in [2.05, 4.69) is 10.6 Å². The molecule has 2 amide bonds. The molecule has 6 nitrogen and oxygen atoms in total. The molecular formula is C23H18N2O4. The van der Waals surface area contributed by atoms with Crippen LogP contribution in [0.4, 0.5) is 11.4 Å². The van der Waals surface area contributed by atoms with E-state index < -0.39 is 0 Å². The molecule has 0 spiro atoms. The number of fused-ring (bicyclic) bond motifs is 1. The molecule has 0 aliphatic rings. The summed E-state index contributed by atoms with van der Waals surface area (Å²) in [5, 5.41) is 7.54. The summed E-state index contributed by atoms with van der Waals surface area (Å²) >= 11 is 0. The van der Waals surface area contributed by atoms with Crippen LogP contribution >= 0.6 is 0 Å². The van der Waals surface area contributed by atoms with Gasteiger partial charge in [-0.1, -0.05) is 24.3 Å². The minimum atomic E-state index is -0.340. The standard InChI is InChI=1S/C23H18N2O4/c1-28-21-14-16-6-3-2-5-15(16)13-19(21)22(26)24-17-8-10-18(11-9-17)25-23(27)20-7-4-12-29-20/h2-14H,1H3,(H,24,26)(H,25,27). The summed E-state index contributed by atoms with van der Waals surface area (Å²) in [7, 11) is 1.54. The number of rotatable bonds is 5. The molecule has 0 aliphatic heterocycles. The number of hydrogen-bond acceptors (Lipinski definition) is 4. The normalized spacial score (nSPS) is 10.5. The zero-order chi connectivity index (χ0) is 20.2. The quantitative estimate of drug-likeness (QED) is 0.509. The highest BCUT2D eigenvalue weighted by molar-refractivity contribution is 6.09. The molecule has 0 radical (unpaired) electrons. The number of hydrogen-bond donors (Lipinski definition) is 2. The highest BCUT2D eigenvalue weighted by Gasteiger charge is 2.14. The van der Waals surface area contributed by atoms with Gasteiger partial charge in [0.05, 0.1) is 18.9 Å². The number of nitrogens with one attached hydrogen (secondary N) is 2. The molecule has 0 saturated heterocycles. The summed E-state index contributed by atoms with van der Waals surface area (Å²) in [5.41, 5.74) is 1.63. The van der Waals surface area contributed by atoms with Gasteiger partial charge in [0.25, 0.3) is 11.8 Å². The van der Waals surface area contributed by atoms with E-state index in [9.17, 15) is 9.59 Å². The Balaban J connectivity index is 1.50. The van der Waals surface area contributed by atoms with Crippen LogP contribution in [0.2, 0.25) is 0 Å². The predicted octanol–water partition coefficient (Wildman–Crippen LogP) is 4.95. The maximum Gasteiger partial charge on any atom is 0.291 e. The molecule has 4 aromatic rings. The first-order chi connectivity index (χ1) is 14.1. The van der Waals surface area contributed by atoms with Gasteiger partial charge in [-0.15, -0.1) is 0 Å². The molecule has 4 rings (SSSR count). The van der Waals surface area contributed by atoms with Crippen LogP contribution in [0.25, 0.3) is 10.8 Å². The van der Waals surface area contributed by atoms with Gasteiger partial charge in [-0.05, 0) is 59.3 Å². The van der Waals surface area contributed by atoms with Crippen LogP contribution in [-0.2, 0) is 0 Å². The molecule has 0 bridgehead atoms. The number of ether oxygens (including phenoxy) is 1. The second-order valence-corrected chi connectivity index (χ2v) is 6.36. The first-order valence-corrected chi connectivity index (χ1v) is 8.97. The third-order valence-electron chi connectivity index (χ3n) is 4.46. The Kier molecular flexibility index (Phi) is 4.99. The van der Waals surface area contributed by atoms with Gasteiger partial charge in [-0.25, -0.2) is 0 Å². The molecule has 0 atom stereocenters. The zero-order valence-electron chi connectivity index (χ0n) is 15.6. The van der Waals surface area contributed by atoms with Crippen molar-refractivity contribution in [2.24, 2.45) is 0 Å². The lowest BCUT2D eigenvalue weighted by Crippen LogP contribution is -2.14. The number of carbonyl (C=O) groups excluding carboxylic acids is 2. The monoisotopic (exact) mass is 386 g/mol. The zero-order valence-corrected chi connectivity index (χ0v) is 15.6. The molecule has 0 fully saturated rings. The van der Waals surface area contributed by atoms with E-state index in [0.29, 0.717) is 22.7 Å². The van der Waals surface area contributed by atoms with Crippen molar-refractivity contribution in [3.8, 4) is 5.75 Å². The molecule has 6 heteroatoms. The Hall–Kier alpha value is -4.06. The molecule has 1 heterocycles. The van der Waals surface area contributed by atoms with Crippen molar-refractivity contribution < 1.29 is 18.7 Å². The Morgan fingerprint density at radius 2 is 1.41 bits per heavy atom. The third kappa shape index (κ3) is 3.96. The smallest absolute Gasteiger partial charge is 0.291 e. The fraction of sp³-hybridized carbons (Fsp3) is 0.0435.